The molecule has 1 aliphatic heterocycles. The Morgan fingerprint density at radius 1 is 1.19 bits per heavy atom. The van der Waals surface area contributed by atoms with Gasteiger partial charge in [-0.1, -0.05) is 20.3 Å². The van der Waals surface area contributed by atoms with E-state index in [1.165, 1.54) is 22.6 Å². The van der Waals surface area contributed by atoms with Crippen molar-refractivity contribution in [1.29, 1.82) is 5.26 Å². The van der Waals surface area contributed by atoms with Crippen LogP contribution in [0.5, 0.6) is 0 Å². The minimum Gasteiger partial charge on any atom is -0.339 e. The maximum atomic E-state index is 8.95. The SMILES string of the molecule is Cc1nc(Nc2ccc(C#N)nc2)cc(C2CCCCN2Cc2ccc(CC(C)C)s2)n1. The average molecular weight is 447 g/mol. The maximum Gasteiger partial charge on any atom is 0.140 e. The molecule has 1 unspecified atom stereocenters. The summed E-state index contributed by atoms with van der Waals surface area (Å²) >= 11 is 1.95. The van der Waals surface area contributed by atoms with Crippen LogP contribution in [0, 0.1) is 24.2 Å². The number of piperidine rings is 1. The van der Waals surface area contributed by atoms with Crippen molar-refractivity contribution in [2.24, 2.45) is 5.92 Å². The molecule has 0 radical (unpaired) electrons. The third-order valence-electron chi connectivity index (χ3n) is 5.65. The zero-order valence-electron chi connectivity index (χ0n) is 19.0. The van der Waals surface area contributed by atoms with E-state index in [1.807, 2.05) is 30.4 Å². The summed E-state index contributed by atoms with van der Waals surface area (Å²) in [6.07, 6.45) is 6.37. The zero-order chi connectivity index (χ0) is 22.5. The first-order chi connectivity index (χ1) is 15.5. The van der Waals surface area contributed by atoms with Gasteiger partial charge in [0.1, 0.15) is 23.4 Å². The smallest absolute Gasteiger partial charge is 0.140 e. The van der Waals surface area contributed by atoms with Crippen molar-refractivity contribution in [2.75, 3.05) is 11.9 Å². The number of thiophene rings is 1. The monoisotopic (exact) mass is 446 g/mol. The number of pyridine rings is 1. The van der Waals surface area contributed by atoms with E-state index in [0.29, 0.717) is 17.7 Å². The minimum atomic E-state index is 0.292. The summed E-state index contributed by atoms with van der Waals surface area (Å²) in [5.74, 6) is 2.21. The normalized spacial score (nSPS) is 16.8. The van der Waals surface area contributed by atoms with Crippen molar-refractivity contribution in [1.82, 2.24) is 19.9 Å². The summed E-state index contributed by atoms with van der Waals surface area (Å²) in [7, 11) is 0. The topological polar surface area (TPSA) is 77.7 Å². The van der Waals surface area contributed by atoms with Crippen LogP contribution in [0.3, 0.4) is 0 Å². The van der Waals surface area contributed by atoms with Gasteiger partial charge in [-0.05, 0) is 62.9 Å². The van der Waals surface area contributed by atoms with Crippen LogP contribution < -0.4 is 5.32 Å². The quantitative estimate of drug-likeness (QED) is 0.495. The van der Waals surface area contributed by atoms with E-state index in [-0.39, 0.29) is 0 Å². The molecule has 1 atom stereocenters. The highest BCUT2D eigenvalue weighted by Gasteiger charge is 2.26. The second-order valence-corrected chi connectivity index (χ2v) is 10.1. The Bertz CT molecular complexity index is 1080. The molecule has 0 aromatic carbocycles. The highest BCUT2D eigenvalue weighted by molar-refractivity contribution is 7.11. The molecule has 1 N–H and O–H groups in total. The largest absolute Gasteiger partial charge is 0.339 e. The average Bonchev–Trinajstić information content (AvgIpc) is 3.20. The Kier molecular flexibility index (Phi) is 7.13. The second-order valence-electron chi connectivity index (χ2n) is 8.84. The molecule has 3 aromatic rings. The summed E-state index contributed by atoms with van der Waals surface area (Å²) in [5.41, 5.74) is 2.28. The Labute approximate surface area is 194 Å². The number of likely N-dealkylation sites (tertiary alicyclic amines) is 1. The predicted octanol–water partition coefficient (Wildman–Crippen LogP) is 5.78. The van der Waals surface area contributed by atoms with Crippen LogP contribution in [0.2, 0.25) is 0 Å². The van der Waals surface area contributed by atoms with Crippen LogP contribution in [0.1, 0.15) is 66.1 Å². The summed E-state index contributed by atoms with van der Waals surface area (Å²) in [5, 5.41) is 12.3. The number of hydrogen-bond acceptors (Lipinski definition) is 7. The molecular formula is C25H30N6S. The van der Waals surface area contributed by atoms with E-state index in [4.69, 9.17) is 10.2 Å². The molecule has 32 heavy (non-hydrogen) atoms. The van der Waals surface area contributed by atoms with E-state index in [1.54, 1.807) is 12.3 Å². The van der Waals surface area contributed by atoms with E-state index in [9.17, 15) is 0 Å². The highest BCUT2D eigenvalue weighted by atomic mass is 32.1. The molecule has 1 saturated heterocycles. The van der Waals surface area contributed by atoms with E-state index in [0.717, 1.165) is 49.0 Å². The van der Waals surface area contributed by atoms with Crippen molar-refractivity contribution >= 4 is 22.8 Å². The van der Waals surface area contributed by atoms with Crippen LogP contribution in [-0.4, -0.2) is 26.4 Å². The van der Waals surface area contributed by atoms with Crippen molar-refractivity contribution in [3.05, 3.63) is 63.5 Å². The second kappa shape index (κ2) is 10.2. The molecule has 0 amide bonds. The van der Waals surface area contributed by atoms with Gasteiger partial charge in [0.25, 0.3) is 0 Å². The van der Waals surface area contributed by atoms with Gasteiger partial charge in [-0.3, -0.25) is 4.90 Å². The lowest BCUT2D eigenvalue weighted by Crippen LogP contribution is -2.33. The molecular weight excluding hydrogens is 416 g/mol. The minimum absolute atomic E-state index is 0.292. The fraction of sp³-hybridized carbons (Fsp3) is 0.440. The first-order valence-corrected chi connectivity index (χ1v) is 12.1. The van der Waals surface area contributed by atoms with Crippen molar-refractivity contribution in [3.63, 3.8) is 0 Å². The number of aryl methyl sites for hydroxylation is 1. The summed E-state index contributed by atoms with van der Waals surface area (Å²) < 4.78 is 0. The summed E-state index contributed by atoms with van der Waals surface area (Å²) in [6.45, 7) is 8.55. The Morgan fingerprint density at radius 3 is 2.78 bits per heavy atom. The third-order valence-corrected chi connectivity index (χ3v) is 6.74. The van der Waals surface area contributed by atoms with Crippen molar-refractivity contribution in [3.8, 4) is 6.07 Å². The van der Waals surface area contributed by atoms with E-state index < -0.39 is 0 Å². The standard InChI is InChI=1S/C25H30N6S/c1-17(2)12-21-9-10-22(32-21)16-31-11-5-4-6-24(31)23-13-25(29-18(3)28-23)30-20-8-7-19(14-26)27-15-20/h7-10,13,15,17,24H,4-6,11-12,16H2,1-3H3,(H,28,29,30). The molecule has 6 nitrogen and oxygen atoms in total. The lowest BCUT2D eigenvalue weighted by molar-refractivity contribution is 0.138. The molecule has 1 fully saturated rings. The third kappa shape index (κ3) is 5.70. The number of nitrogens with zero attached hydrogens (tertiary/aromatic N) is 5. The van der Waals surface area contributed by atoms with Crippen LogP contribution in [0.4, 0.5) is 11.5 Å². The van der Waals surface area contributed by atoms with Gasteiger partial charge in [-0.2, -0.15) is 5.26 Å². The number of anilines is 2. The van der Waals surface area contributed by atoms with E-state index in [2.05, 4.69) is 52.2 Å². The van der Waals surface area contributed by atoms with Gasteiger partial charge >= 0.3 is 0 Å². The first-order valence-electron chi connectivity index (χ1n) is 11.3. The number of nitriles is 1. The molecule has 1 aliphatic rings. The molecule has 4 rings (SSSR count). The number of nitrogens with one attached hydrogen (secondary N) is 1. The molecule has 7 heteroatoms. The molecule has 166 valence electrons. The summed E-state index contributed by atoms with van der Waals surface area (Å²) in [6, 6.07) is 12.5. The van der Waals surface area contributed by atoms with Gasteiger partial charge in [-0.15, -0.1) is 11.3 Å². The molecule has 4 heterocycles. The lowest BCUT2D eigenvalue weighted by Gasteiger charge is -2.35. The van der Waals surface area contributed by atoms with E-state index >= 15 is 0 Å². The predicted molar refractivity (Wildman–Crippen MR) is 129 cm³/mol. The van der Waals surface area contributed by atoms with Gasteiger partial charge in [0.05, 0.1) is 23.6 Å². The molecule has 0 bridgehead atoms. The van der Waals surface area contributed by atoms with Crippen molar-refractivity contribution < 1.29 is 0 Å². The van der Waals surface area contributed by atoms with Gasteiger partial charge in [0, 0.05) is 22.4 Å². The molecule has 0 spiro atoms. The van der Waals surface area contributed by atoms with Crippen LogP contribution >= 0.6 is 11.3 Å². The Morgan fingerprint density at radius 2 is 2.03 bits per heavy atom. The van der Waals surface area contributed by atoms with Crippen LogP contribution in [-0.2, 0) is 13.0 Å². The maximum absolute atomic E-state index is 8.95. The summed E-state index contributed by atoms with van der Waals surface area (Å²) in [4.78, 5) is 19.0. The van der Waals surface area contributed by atoms with Crippen LogP contribution in [0.25, 0.3) is 0 Å². The van der Waals surface area contributed by atoms with Gasteiger partial charge in [0.2, 0.25) is 0 Å². The first kappa shape index (κ1) is 22.4. The Hall–Kier alpha value is -2.82. The number of aromatic nitrogens is 3. The van der Waals surface area contributed by atoms with Gasteiger partial charge < -0.3 is 5.32 Å². The molecule has 0 aliphatic carbocycles. The van der Waals surface area contributed by atoms with Gasteiger partial charge in [-0.25, -0.2) is 15.0 Å². The van der Waals surface area contributed by atoms with Crippen LogP contribution in [0.15, 0.2) is 36.5 Å². The molecule has 3 aromatic heterocycles. The fourth-order valence-corrected chi connectivity index (χ4v) is 5.50. The zero-order valence-corrected chi connectivity index (χ0v) is 19.8. The van der Waals surface area contributed by atoms with Gasteiger partial charge in [0.15, 0.2) is 0 Å². The van der Waals surface area contributed by atoms with Crippen molar-refractivity contribution in [2.45, 2.75) is 59.0 Å². The Balaban J connectivity index is 1.52. The molecule has 0 saturated carbocycles. The highest BCUT2D eigenvalue weighted by Crippen LogP contribution is 2.33. The lowest BCUT2D eigenvalue weighted by atomic mass is 9.98. The number of rotatable bonds is 7. The number of hydrogen-bond donors (Lipinski definition) is 1. The fourth-order valence-electron chi connectivity index (χ4n) is 4.24.